The Morgan fingerprint density at radius 1 is 1.00 bits per heavy atom. The van der Waals surface area contributed by atoms with Gasteiger partial charge in [0.2, 0.25) is 5.91 Å². The molecule has 1 spiro atoms. The van der Waals surface area contributed by atoms with E-state index in [-0.39, 0.29) is 12.5 Å². The van der Waals surface area contributed by atoms with Crippen LogP contribution in [0.3, 0.4) is 0 Å². The van der Waals surface area contributed by atoms with Crippen molar-refractivity contribution in [3.05, 3.63) is 47.8 Å². The van der Waals surface area contributed by atoms with Crippen LogP contribution in [-0.4, -0.2) is 56.6 Å². The maximum atomic E-state index is 13.5. The van der Waals surface area contributed by atoms with Crippen LogP contribution < -0.4 is 4.90 Å². The van der Waals surface area contributed by atoms with Crippen LogP contribution in [0.1, 0.15) is 24.8 Å². The predicted octanol–water partition coefficient (Wildman–Crippen LogP) is 3.39. The number of carbonyl (C=O) groups is 1. The number of hydrogen-bond donors (Lipinski definition) is 0. The second-order valence-electron chi connectivity index (χ2n) is 8.68. The summed E-state index contributed by atoms with van der Waals surface area (Å²) in [6, 6.07) is 3.31. The predicted molar refractivity (Wildman–Crippen MR) is 112 cm³/mol. The lowest BCUT2D eigenvalue weighted by Crippen LogP contribution is -2.45. The van der Waals surface area contributed by atoms with E-state index < -0.39 is 30.0 Å². The molecular formula is C22H22F4N6O. The average Bonchev–Trinajstić information content (AvgIpc) is 3.29. The molecule has 2 aliphatic heterocycles. The second-order valence-corrected chi connectivity index (χ2v) is 8.68. The smallest absolute Gasteiger partial charge is 0.258 e. The number of anilines is 1. The quantitative estimate of drug-likeness (QED) is 0.544. The normalized spacial score (nSPS) is 18.3. The maximum absolute atomic E-state index is 13.5. The number of fused-ring (bicyclic) bond motifs is 1. The number of alkyl halides is 2. The summed E-state index contributed by atoms with van der Waals surface area (Å²) < 4.78 is 53.8. The Balaban J connectivity index is 1.27. The van der Waals surface area contributed by atoms with Gasteiger partial charge >= 0.3 is 0 Å². The molecule has 1 aromatic carbocycles. The summed E-state index contributed by atoms with van der Waals surface area (Å²) in [7, 11) is 0. The SMILES string of the molecule is O=C1N(Cc2cc(F)cc(F)c2)CCC12CCN(c1cnc3cnn(CC(F)F)c3n1)CC2. The molecule has 0 radical (unpaired) electrons. The Hall–Kier alpha value is -3.24. The molecule has 3 aromatic rings. The van der Waals surface area contributed by atoms with Crippen molar-refractivity contribution in [2.75, 3.05) is 24.5 Å². The molecular weight excluding hydrogens is 440 g/mol. The number of benzene rings is 1. The molecule has 2 aliphatic rings. The minimum absolute atomic E-state index is 0.00312. The van der Waals surface area contributed by atoms with Crippen molar-refractivity contribution in [2.45, 2.75) is 38.8 Å². The first-order chi connectivity index (χ1) is 15.8. The maximum Gasteiger partial charge on any atom is 0.258 e. The Morgan fingerprint density at radius 2 is 1.70 bits per heavy atom. The monoisotopic (exact) mass is 462 g/mol. The Kier molecular flexibility index (Phi) is 5.41. The molecule has 2 aromatic heterocycles. The molecule has 0 atom stereocenters. The molecule has 0 unspecified atom stereocenters. The highest BCUT2D eigenvalue weighted by Gasteiger charge is 2.48. The van der Waals surface area contributed by atoms with Gasteiger partial charge in [-0.15, -0.1) is 0 Å². The fraction of sp³-hybridized carbons (Fsp3) is 0.455. The Bertz CT molecular complexity index is 1170. The van der Waals surface area contributed by atoms with Crippen LogP contribution >= 0.6 is 0 Å². The third-order valence-corrected chi connectivity index (χ3v) is 6.58. The van der Waals surface area contributed by atoms with Gasteiger partial charge in [0.15, 0.2) is 5.65 Å². The highest BCUT2D eigenvalue weighted by molar-refractivity contribution is 5.85. The van der Waals surface area contributed by atoms with Crippen LogP contribution in [-0.2, 0) is 17.9 Å². The fourth-order valence-electron chi connectivity index (χ4n) is 4.85. The fourth-order valence-corrected chi connectivity index (χ4v) is 4.85. The number of aromatic nitrogens is 4. The highest BCUT2D eigenvalue weighted by atomic mass is 19.3. The standard InChI is InChI=1S/C22H22F4N6O/c23-15-7-14(8-16(24)9-15)12-31-6-3-22(21(31)33)1-4-30(5-2-22)19-11-27-17-10-28-32(13-18(25)26)20(17)29-19/h7-11,18H,1-6,12-13H2. The number of piperidine rings is 1. The van der Waals surface area contributed by atoms with Crippen molar-refractivity contribution in [3.63, 3.8) is 0 Å². The topological polar surface area (TPSA) is 67.2 Å². The zero-order valence-corrected chi connectivity index (χ0v) is 17.7. The first-order valence-electron chi connectivity index (χ1n) is 10.8. The molecule has 11 heteroatoms. The number of halogens is 4. The molecule has 4 heterocycles. The number of rotatable bonds is 5. The lowest BCUT2D eigenvalue weighted by Gasteiger charge is -2.38. The summed E-state index contributed by atoms with van der Waals surface area (Å²) >= 11 is 0. The molecule has 5 rings (SSSR count). The number of likely N-dealkylation sites (tertiary alicyclic amines) is 1. The van der Waals surface area contributed by atoms with E-state index in [1.807, 2.05) is 4.90 Å². The Morgan fingerprint density at radius 3 is 2.39 bits per heavy atom. The molecule has 33 heavy (non-hydrogen) atoms. The van der Waals surface area contributed by atoms with Gasteiger partial charge in [-0.2, -0.15) is 5.10 Å². The van der Waals surface area contributed by atoms with Crippen LogP contribution in [0.2, 0.25) is 0 Å². The van der Waals surface area contributed by atoms with Gasteiger partial charge in [-0.3, -0.25) is 4.79 Å². The van der Waals surface area contributed by atoms with E-state index in [0.717, 1.165) is 10.7 Å². The van der Waals surface area contributed by atoms with Gasteiger partial charge in [-0.1, -0.05) is 0 Å². The first kappa shape index (κ1) is 21.6. The van der Waals surface area contributed by atoms with Crippen LogP contribution in [0.4, 0.5) is 23.4 Å². The van der Waals surface area contributed by atoms with E-state index in [1.54, 1.807) is 11.1 Å². The van der Waals surface area contributed by atoms with Gasteiger partial charge in [-0.25, -0.2) is 32.2 Å². The van der Waals surface area contributed by atoms with Crippen molar-refractivity contribution >= 4 is 22.9 Å². The van der Waals surface area contributed by atoms with E-state index in [9.17, 15) is 22.4 Å². The molecule has 174 valence electrons. The number of nitrogens with zero attached hydrogens (tertiary/aromatic N) is 6. The minimum atomic E-state index is -2.55. The van der Waals surface area contributed by atoms with Crippen molar-refractivity contribution in [1.82, 2.24) is 24.6 Å². The van der Waals surface area contributed by atoms with E-state index in [4.69, 9.17) is 0 Å². The van der Waals surface area contributed by atoms with E-state index in [2.05, 4.69) is 15.1 Å². The molecule has 0 N–H and O–H groups in total. The molecule has 2 saturated heterocycles. The zero-order chi connectivity index (χ0) is 23.2. The van der Waals surface area contributed by atoms with Crippen molar-refractivity contribution in [2.24, 2.45) is 5.41 Å². The third kappa shape index (κ3) is 4.11. The van der Waals surface area contributed by atoms with Gasteiger partial charge in [-0.05, 0) is 37.0 Å². The summed E-state index contributed by atoms with van der Waals surface area (Å²) in [5, 5.41) is 3.94. The lowest BCUT2D eigenvalue weighted by molar-refractivity contribution is -0.137. The largest absolute Gasteiger partial charge is 0.355 e. The van der Waals surface area contributed by atoms with Gasteiger partial charge in [0, 0.05) is 32.2 Å². The number of amides is 1. The van der Waals surface area contributed by atoms with Crippen LogP contribution in [0.25, 0.3) is 11.2 Å². The highest BCUT2D eigenvalue weighted by Crippen LogP contribution is 2.42. The van der Waals surface area contributed by atoms with E-state index in [1.165, 1.54) is 18.3 Å². The number of carbonyl (C=O) groups excluding carboxylic acids is 1. The summed E-state index contributed by atoms with van der Waals surface area (Å²) in [5.41, 5.74) is 0.679. The molecule has 2 fully saturated rings. The molecule has 1 amide bonds. The van der Waals surface area contributed by atoms with Crippen molar-refractivity contribution in [1.29, 1.82) is 0 Å². The van der Waals surface area contributed by atoms with Gasteiger partial charge in [0.05, 0.1) is 17.8 Å². The summed E-state index contributed by atoms with van der Waals surface area (Å²) in [5.74, 6) is -0.755. The second kappa shape index (κ2) is 8.27. The van der Waals surface area contributed by atoms with Gasteiger partial charge < -0.3 is 9.80 Å². The summed E-state index contributed by atoms with van der Waals surface area (Å²) in [6.07, 6.45) is 2.36. The molecule has 0 bridgehead atoms. The molecule has 0 saturated carbocycles. The summed E-state index contributed by atoms with van der Waals surface area (Å²) in [6.45, 7) is 1.30. The lowest BCUT2D eigenvalue weighted by atomic mass is 9.77. The Labute approximate surface area is 187 Å². The van der Waals surface area contributed by atoms with Crippen molar-refractivity contribution < 1.29 is 22.4 Å². The van der Waals surface area contributed by atoms with Gasteiger partial charge in [0.25, 0.3) is 6.43 Å². The average molecular weight is 462 g/mol. The zero-order valence-electron chi connectivity index (χ0n) is 17.7. The molecule has 7 nitrogen and oxygen atoms in total. The first-order valence-corrected chi connectivity index (χ1v) is 10.8. The number of hydrogen-bond acceptors (Lipinski definition) is 5. The van der Waals surface area contributed by atoms with Crippen molar-refractivity contribution in [3.8, 4) is 0 Å². The van der Waals surface area contributed by atoms with E-state index >= 15 is 0 Å². The van der Waals surface area contributed by atoms with E-state index in [0.29, 0.717) is 61.4 Å². The minimum Gasteiger partial charge on any atom is -0.355 e. The summed E-state index contributed by atoms with van der Waals surface area (Å²) in [4.78, 5) is 25.6. The van der Waals surface area contributed by atoms with Crippen LogP contribution in [0.5, 0.6) is 0 Å². The molecule has 0 aliphatic carbocycles. The van der Waals surface area contributed by atoms with Gasteiger partial charge in [0.1, 0.15) is 29.5 Å². The van der Waals surface area contributed by atoms with Crippen LogP contribution in [0, 0.1) is 17.0 Å². The third-order valence-electron chi connectivity index (χ3n) is 6.58. The van der Waals surface area contributed by atoms with Crippen LogP contribution in [0.15, 0.2) is 30.6 Å².